The van der Waals surface area contributed by atoms with E-state index in [4.69, 9.17) is 11.6 Å². The first-order valence-electron chi connectivity index (χ1n) is 6.68. The third kappa shape index (κ3) is 2.25. The topological polar surface area (TPSA) is 53.4 Å². The predicted octanol–water partition coefficient (Wildman–Crippen LogP) is 2.49. The Morgan fingerprint density at radius 1 is 1.45 bits per heavy atom. The van der Waals surface area contributed by atoms with Crippen LogP contribution in [-0.2, 0) is 0 Å². The highest BCUT2D eigenvalue weighted by Crippen LogP contribution is 2.25. The van der Waals surface area contributed by atoms with Gasteiger partial charge in [0.05, 0.1) is 12.6 Å². The molecule has 1 aromatic heterocycles. The van der Waals surface area contributed by atoms with Crippen LogP contribution < -0.4 is 0 Å². The van der Waals surface area contributed by atoms with E-state index in [0.29, 0.717) is 17.4 Å². The van der Waals surface area contributed by atoms with Crippen molar-refractivity contribution in [3.63, 3.8) is 0 Å². The highest BCUT2D eigenvalue weighted by Gasteiger charge is 2.29. The summed E-state index contributed by atoms with van der Waals surface area (Å²) in [4.78, 5) is 18.4. The average Bonchev–Trinajstić information content (AvgIpc) is 2.95. The first-order valence-corrected chi connectivity index (χ1v) is 7.05. The van der Waals surface area contributed by atoms with Crippen LogP contribution in [0.2, 0.25) is 5.15 Å². The molecule has 0 saturated carbocycles. The summed E-state index contributed by atoms with van der Waals surface area (Å²) in [5.74, 6) is -0.158. The lowest BCUT2D eigenvalue weighted by atomic mass is 10.1. The maximum atomic E-state index is 12.5. The van der Waals surface area contributed by atoms with E-state index in [9.17, 15) is 9.90 Å². The molecule has 2 heterocycles. The van der Waals surface area contributed by atoms with Crippen molar-refractivity contribution in [2.75, 3.05) is 13.2 Å². The standard InChI is InChI=1S/C15H15ClN2O2/c16-14-12-6-2-1-4-10(12)8-13(17-14)15(20)18-7-3-5-11(18)9-19/h1-2,4,6,8,11,19H,3,5,7,9H2. The third-order valence-electron chi connectivity index (χ3n) is 3.76. The molecular weight excluding hydrogens is 276 g/mol. The van der Waals surface area contributed by atoms with Crippen LogP contribution >= 0.6 is 11.6 Å². The number of fused-ring (bicyclic) bond motifs is 1. The molecule has 1 saturated heterocycles. The third-order valence-corrected chi connectivity index (χ3v) is 4.05. The van der Waals surface area contributed by atoms with Gasteiger partial charge in [-0.3, -0.25) is 4.79 Å². The van der Waals surface area contributed by atoms with Crippen molar-refractivity contribution in [1.82, 2.24) is 9.88 Å². The number of aliphatic hydroxyl groups is 1. The first kappa shape index (κ1) is 13.3. The number of hydrogen-bond acceptors (Lipinski definition) is 3. The van der Waals surface area contributed by atoms with Gasteiger partial charge in [-0.25, -0.2) is 4.98 Å². The minimum atomic E-state index is -0.158. The van der Waals surface area contributed by atoms with Crippen molar-refractivity contribution in [3.05, 3.63) is 41.2 Å². The maximum absolute atomic E-state index is 12.5. The van der Waals surface area contributed by atoms with E-state index in [2.05, 4.69) is 4.98 Å². The molecule has 3 rings (SSSR count). The number of halogens is 1. The molecule has 104 valence electrons. The number of likely N-dealkylation sites (tertiary alicyclic amines) is 1. The number of nitrogens with zero attached hydrogens (tertiary/aromatic N) is 2. The smallest absolute Gasteiger partial charge is 0.272 e. The molecule has 4 nitrogen and oxygen atoms in total. The molecule has 0 radical (unpaired) electrons. The normalized spacial score (nSPS) is 18.7. The zero-order valence-corrected chi connectivity index (χ0v) is 11.7. The molecule has 1 aliphatic heterocycles. The molecule has 1 N–H and O–H groups in total. The van der Waals surface area contributed by atoms with E-state index in [0.717, 1.165) is 23.6 Å². The highest BCUT2D eigenvalue weighted by atomic mass is 35.5. The Kier molecular flexibility index (Phi) is 3.59. The number of aliphatic hydroxyl groups excluding tert-OH is 1. The Balaban J connectivity index is 1.99. The number of carbonyl (C=O) groups excluding carboxylic acids is 1. The van der Waals surface area contributed by atoms with Gasteiger partial charge in [-0.1, -0.05) is 35.9 Å². The molecule has 1 unspecified atom stereocenters. The minimum absolute atomic E-state index is 0.00689. The van der Waals surface area contributed by atoms with Gasteiger partial charge in [-0.2, -0.15) is 0 Å². The van der Waals surface area contributed by atoms with Gasteiger partial charge in [0.1, 0.15) is 10.8 Å². The van der Waals surface area contributed by atoms with Gasteiger partial charge in [0.25, 0.3) is 5.91 Å². The van der Waals surface area contributed by atoms with Gasteiger partial charge >= 0.3 is 0 Å². The molecule has 1 amide bonds. The molecule has 1 aliphatic rings. The fraction of sp³-hybridized carbons (Fsp3) is 0.333. The van der Waals surface area contributed by atoms with Crippen molar-refractivity contribution in [2.24, 2.45) is 0 Å². The zero-order chi connectivity index (χ0) is 14.1. The predicted molar refractivity (Wildman–Crippen MR) is 77.9 cm³/mol. The molecule has 0 spiro atoms. The van der Waals surface area contributed by atoms with E-state index in [1.165, 1.54) is 0 Å². The van der Waals surface area contributed by atoms with Gasteiger partial charge in [0.15, 0.2) is 0 Å². The number of rotatable bonds is 2. The van der Waals surface area contributed by atoms with Crippen LogP contribution in [0.5, 0.6) is 0 Å². The van der Waals surface area contributed by atoms with Crippen molar-refractivity contribution in [3.8, 4) is 0 Å². The van der Waals surface area contributed by atoms with Crippen LogP contribution in [0.25, 0.3) is 10.8 Å². The highest BCUT2D eigenvalue weighted by molar-refractivity contribution is 6.34. The summed E-state index contributed by atoms with van der Waals surface area (Å²) in [7, 11) is 0. The fourth-order valence-corrected chi connectivity index (χ4v) is 2.97. The lowest BCUT2D eigenvalue weighted by Gasteiger charge is -2.22. The Hall–Kier alpha value is -1.65. The van der Waals surface area contributed by atoms with Crippen molar-refractivity contribution >= 4 is 28.3 Å². The van der Waals surface area contributed by atoms with E-state index in [-0.39, 0.29) is 18.6 Å². The van der Waals surface area contributed by atoms with Gasteiger partial charge in [0, 0.05) is 11.9 Å². The average molecular weight is 291 g/mol. The van der Waals surface area contributed by atoms with Crippen LogP contribution in [0.4, 0.5) is 0 Å². The summed E-state index contributed by atoms with van der Waals surface area (Å²) in [6, 6.07) is 9.24. The number of aromatic nitrogens is 1. The molecule has 0 bridgehead atoms. The lowest BCUT2D eigenvalue weighted by Crippen LogP contribution is -2.38. The molecule has 0 aliphatic carbocycles. The van der Waals surface area contributed by atoms with Crippen LogP contribution in [0.3, 0.4) is 0 Å². The van der Waals surface area contributed by atoms with Crippen LogP contribution in [0, 0.1) is 0 Å². The van der Waals surface area contributed by atoms with Crippen LogP contribution in [0.15, 0.2) is 30.3 Å². The van der Waals surface area contributed by atoms with Gasteiger partial charge in [0.2, 0.25) is 0 Å². The molecule has 1 atom stereocenters. The monoisotopic (exact) mass is 290 g/mol. The summed E-state index contributed by atoms with van der Waals surface area (Å²) < 4.78 is 0. The number of hydrogen-bond donors (Lipinski definition) is 1. The first-order chi connectivity index (χ1) is 9.70. The van der Waals surface area contributed by atoms with Gasteiger partial charge < -0.3 is 10.0 Å². The molecule has 5 heteroatoms. The number of carbonyl (C=O) groups is 1. The van der Waals surface area contributed by atoms with Crippen molar-refractivity contribution < 1.29 is 9.90 Å². The quantitative estimate of drug-likeness (QED) is 0.865. The Morgan fingerprint density at radius 2 is 2.25 bits per heavy atom. The Labute approximate surface area is 122 Å². The maximum Gasteiger partial charge on any atom is 0.272 e. The second-order valence-electron chi connectivity index (χ2n) is 5.00. The number of benzene rings is 1. The molecular formula is C15H15ClN2O2. The molecule has 1 fully saturated rings. The molecule has 2 aromatic rings. The van der Waals surface area contributed by atoms with Crippen LogP contribution in [0.1, 0.15) is 23.3 Å². The second-order valence-corrected chi connectivity index (χ2v) is 5.35. The van der Waals surface area contributed by atoms with Gasteiger partial charge in [-0.05, 0) is 24.3 Å². The largest absolute Gasteiger partial charge is 0.394 e. The SMILES string of the molecule is O=C(c1cc2ccccc2c(Cl)n1)N1CCCC1CO. The van der Waals surface area contributed by atoms with Crippen molar-refractivity contribution in [1.29, 1.82) is 0 Å². The van der Waals surface area contributed by atoms with Crippen molar-refractivity contribution in [2.45, 2.75) is 18.9 Å². The zero-order valence-electron chi connectivity index (χ0n) is 10.9. The Bertz CT molecular complexity index is 659. The lowest BCUT2D eigenvalue weighted by molar-refractivity contribution is 0.0672. The molecule has 20 heavy (non-hydrogen) atoms. The van der Waals surface area contributed by atoms with Gasteiger partial charge in [-0.15, -0.1) is 0 Å². The second kappa shape index (κ2) is 5.38. The van der Waals surface area contributed by atoms with E-state index in [1.807, 2.05) is 24.3 Å². The van der Waals surface area contributed by atoms with E-state index >= 15 is 0 Å². The fourth-order valence-electron chi connectivity index (χ4n) is 2.71. The minimum Gasteiger partial charge on any atom is -0.394 e. The van der Waals surface area contributed by atoms with E-state index in [1.54, 1.807) is 11.0 Å². The summed E-state index contributed by atoms with van der Waals surface area (Å²) in [5.41, 5.74) is 0.342. The Morgan fingerprint density at radius 3 is 3.05 bits per heavy atom. The molecule has 1 aromatic carbocycles. The summed E-state index contributed by atoms with van der Waals surface area (Å²) in [6.07, 6.45) is 1.75. The summed E-state index contributed by atoms with van der Waals surface area (Å²) in [6.45, 7) is 0.656. The van der Waals surface area contributed by atoms with Crippen LogP contribution in [-0.4, -0.2) is 40.1 Å². The summed E-state index contributed by atoms with van der Waals surface area (Å²) >= 11 is 6.15. The number of pyridine rings is 1. The summed E-state index contributed by atoms with van der Waals surface area (Å²) in [5, 5.41) is 11.4. The van der Waals surface area contributed by atoms with E-state index < -0.39 is 0 Å². The number of amides is 1.